The van der Waals surface area contributed by atoms with Crippen LogP contribution in [0.5, 0.6) is 5.88 Å². The Kier molecular flexibility index (Phi) is 4.42. The van der Waals surface area contributed by atoms with E-state index in [0.29, 0.717) is 24.2 Å². The fourth-order valence-corrected chi connectivity index (χ4v) is 3.40. The van der Waals surface area contributed by atoms with Gasteiger partial charge in [-0.3, -0.25) is 4.79 Å². The number of likely N-dealkylation sites (tertiary alicyclic amines) is 1. The van der Waals surface area contributed by atoms with Crippen molar-refractivity contribution in [2.24, 2.45) is 5.92 Å². The van der Waals surface area contributed by atoms with E-state index in [2.05, 4.69) is 4.98 Å². The van der Waals surface area contributed by atoms with Gasteiger partial charge in [-0.2, -0.15) is 0 Å². The molecule has 1 unspecified atom stereocenters. The average molecular weight is 288 g/mol. The van der Waals surface area contributed by atoms with Gasteiger partial charge in [-0.1, -0.05) is 18.9 Å². The molecule has 1 aromatic heterocycles. The number of hydrogen-bond donors (Lipinski definition) is 0. The molecule has 2 heterocycles. The van der Waals surface area contributed by atoms with Crippen molar-refractivity contribution in [2.45, 2.75) is 51.6 Å². The van der Waals surface area contributed by atoms with E-state index in [1.807, 2.05) is 30.0 Å². The molecule has 1 aliphatic carbocycles. The van der Waals surface area contributed by atoms with E-state index in [1.165, 1.54) is 25.7 Å². The van der Waals surface area contributed by atoms with Crippen LogP contribution in [-0.4, -0.2) is 35.0 Å². The molecule has 0 bridgehead atoms. The molecule has 1 aliphatic heterocycles. The fraction of sp³-hybridized carbons (Fsp3) is 0.647. The van der Waals surface area contributed by atoms with Gasteiger partial charge in [0.1, 0.15) is 6.10 Å². The van der Waals surface area contributed by atoms with Gasteiger partial charge in [0, 0.05) is 31.1 Å². The molecular weight excluding hydrogens is 264 g/mol. The number of carbonyl (C=O) groups excluding carboxylic acids is 1. The van der Waals surface area contributed by atoms with Crippen molar-refractivity contribution in [2.75, 3.05) is 13.1 Å². The molecule has 0 aromatic carbocycles. The highest BCUT2D eigenvalue weighted by molar-refractivity contribution is 5.76. The van der Waals surface area contributed by atoms with Gasteiger partial charge in [0.15, 0.2) is 0 Å². The Balaban J connectivity index is 1.49. The van der Waals surface area contributed by atoms with Crippen molar-refractivity contribution in [3.8, 4) is 5.88 Å². The van der Waals surface area contributed by atoms with Crippen LogP contribution >= 0.6 is 0 Å². The molecule has 1 saturated heterocycles. The quantitative estimate of drug-likeness (QED) is 0.855. The van der Waals surface area contributed by atoms with Crippen LogP contribution in [0.4, 0.5) is 0 Å². The van der Waals surface area contributed by atoms with Crippen molar-refractivity contribution in [1.82, 2.24) is 9.88 Å². The summed E-state index contributed by atoms with van der Waals surface area (Å²) in [6, 6.07) is 5.80. The predicted octanol–water partition coefficient (Wildman–Crippen LogP) is 2.95. The number of pyridine rings is 1. The topological polar surface area (TPSA) is 42.4 Å². The van der Waals surface area contributed by atoms with E-state index in [4.69, 9.17) is 4.74 Å². The standard InChI is InChI=1S/C17H24N2O2/c1-13-5-4-8-16(18-13)21-15-9-10-19(12-15)17(20)11-14-6-2-3-7-14/h4-5,8,14-15H,2-3,6-7,9-12H2,1H3. The Bertz CT molecular complexity index is 497. The zero-order chi connectivity index (χ0) is 14.7. The maximum absolute atomic E-state index is 12.3. The van der Waals surface area contributed by atoms with Crippen molar-refractivity contribution < 1.29 is 9.53 Å². The van der Waals surface area contributed by atoms with Crippen LogP contribution in [0.3, 0.4) is 0 Å². The number of hydrogen-bond acceptors (Lipinski definition) is 3. The monoisotopic (exact) mass is 288 g/mol. The summed E-state index contributed by atoms with van der Waals surface area (Å²) in [4.78, 5) is 18.6. The minimum absolute atomic E-state index is 0.0897. The van der Waals surface area contributed by atoms with E-state index < -0.39 is 0 Å². The fourth-order valence-electron chi connectivity index (χ4n) is 3.40. The molecule has 2 aliphatic rings. The smallest absolute Gasteiger partial charge is 0.222 e. The van der Waals surface area contributed by atoms with Gasteiger partial charge in [0.2, 0.25) is 11.8 Å². The van der Waals surface area contributed by atoms with Gasteiger partial charge in [-0.15, -0.1) is 0 Å². The first-order valence-electron chi connectivity index (χ1n) is 8.09. The predicted molar refractivity (Wildman–Crippen MR) is 81.2 cm³/mol. The SMILES string of the molecule is Cc1cccc(OC2CCN(C(=O)CC3CCCC3)C2)n1. The van der Waals surface area contributed by atoms with Gasteiger partial charge >= 0.3 is 0 Å². The second-order valence-corrected chi connectivity index (χ2v) is 6.34. The van der Waals surface area contributed by atoms with Gasteiger partial charge in [-0.25, -0.2) is 4.98 Å². The first kappa shape index (κ1) is 14.4. The molecule has 4 nitrogen and oxygen atoms in total. The zero-order valence-electron chi connectivity index (χ0n) is 12.8. The molecule has 4 heteroatoms. The number of aryl methyl sites for hydroxylation is 1. The van der Waals surface area contributed by atoms with Crippen LogP contribution in [-0.2, 0) is 4.79 Å². The van der Waals surface area contributed by atoms with E-state index in [-0.39, 0.29) is 6.10 Å². The number of aromatic nitrogens is 1. The number of carbonyl (C=O) groups is 1. The molecule has 2 fully saturated rings. The second kappa shape index (κ2) is 6.46. The van der Waals surface area contributed by atoms with Gasteiger partial charge in [0.05, 0.1) is 6.54 Å². The highest BCUT2D eigenvalue weighted by Gasteiger charge is 2.29. The number of amides is 1. The van der Waals surface area contributed by atoms with Crippen LogP contribution in [0.25, 0.3) is 0 Å². The molecule has 0 radical (unpaired) electrons. The average Bonchev–Trinajstić information content (AvgIpc) is 3.10. The lowest BCUT2D eigenvalue weighted by molar-refractivity contribution is -0.131. The van der Waals surface area contributed by atoms with Crippen molar-refractivity contribution in [3.05, 3.63) is 23.9 Å². The molecular formula is C17H24N2O2. The lowest BCUT2D eigenvalue weighted by Crippen LogP contribution is -2.32. The van der Waals surface area contributed by atoms with Crippen molar-refractivity contribution >= 4 is 5.91 Å². The Morgan fingerprint density at radius 1 is 1.33 bits per heavy atom. The highest BCUT2D eigenvalue weighted by Crippen LogP contribution is 2.28. The van der Waals surface area contributed by atoms with Gasteiger partial charge in [0.25, 0.3) is 0 Å². The maximum atomic E-state index is 12.3. The van der Waals surface area contributed by atoms with Crippen molar-refractivity contribution in [1.29, 1.82) is 0 Å². The summed E-state index contributed by atoms with van der Waals surface area (Å²) in [6.45, 7) is 3.49. The molecule has 1 amide bonds. The highest BCUT2D eigenvalue weighted by atomic mass is 16.5. The first-order chi connectivity index (χ1) is 10.2. The molecule has 3 rings (SSSR count). The lowest BCUT2D eigenvalue weighted by Gasteiger charge is -2.19. The lowest BCUT2D eigenvalue weighted by atomic mass is 10.0. The third-order valence-electron chi connectivity index (χ3n) is 4.59. The summed E-state index contributed by atoms with van der Waals surface area (Å²) in [5, 5.41) is 0. The number of nitrogens with zero attached hydrogens (tertiary/aromatic N) is 2. The summed E-state index contributed by atoms with van der Waals surface area (Å²) in [5.41, 5.74) is 0.958. The molecule has 1 saturated carbocycles. The van der Waals surface area contributed by atoms with Crippen LogP contribution in [0.1, 0.15) is 44.2 Å². The maximum Gasteiger partial charge on any atom is 0.222 e. The zero-order valence-corrected chi connectivity index (χ0v) is 12.8. The third kappa shape index (κ3) is 3.74. The minimum Gasteiger partial charge on any atom is -0.472 e. The normalized spacial score (nSPS) is 22.7. The molecule has 21 heavy (non-hydrogen) atoms. The molecule has 1 aromatic rings. The molecule has 0 N–H and O–H groups in total. The van der Waals surface area contributed by atoms with Crippen LogP contribution in [0.2, 0.25) is 0 Å². The second-order valence-electron chi connectivity index (χ2n) is 6.34. The summed E-state index contributed by atoms with van der Waals surface area (Å²) >= 11 is 0. The summed E-state index contributed by atoms with van der Waals surface area (Å²) in [7, 11) is 0. The Hall–Kier alpha value is -1.58. The number of ether oxygens (including phenoxy) is 1. The Labute approximate surface area is 126 Å². The Morgan fingerprint density at radius 3 is 2.90 bits per heavy atom. The first-order valence-corrected chi connectivity index (χ1v) is 8.09. The van der Waals surface area contributed by atoms with Gasteiger partial charge in [-0.05, 0) is 31.7 Å². The third-order valence-corrected chi connectivity index (χ3v) is 4.59. The van der Waals surface area contributed by atoms with E-state index >= 15 is 0 Å². The van der Waals surface area contributed by atoms with E-state index in [1.54, 1.807) is 0 Å². The number of rotatable bonds is 4. The summed E-state index contributed by atoms with van der Waals surface area (Å²) < 4.78 is 5.90. The van der Waals surface area contributed by atoms with E-state index in [9.17, 15) is 4.79 Å². The van der Waals surface area contributed by atoms with Crippen LogP contribution in [0.15, 0.2) is 18.2 Å². The van der Waals surface area contributed by atoms with Crippen molar-refractivity contribution in [3.63, 3.8) is 0 Å². The van der Waals surface area contributed by atoms with E-state index in [0.717, 1.165) is 25.1 Å². The molecule has 1 atom stereocenters. The summed E-state index contributed by atoms with van der Waals surface area (Å²) in [5.74, 6) is 1.60. The summed E-state index contributed by atoms with van der Waals surface area (Å²) in [6.07, 6.45) is 6.78. The largest absolute Gasteiger partial charge is 0.472 e. The van der Waals surface area contributed by atoms with Crippen LogP contribution in [0, 0.1) is 12.8 Å². The van der Waals surface area contributed by atoms with Crippen LogP contribution < -0.4 is 4.74 Å². The molecule has 114 valence electrons. The van der Waals surface area contributed by atoms with Gasteiger partial charge < -0.3 is 9.64 Å². The molecule has 0 spiro atoms. The Morgan fingerprint density at radius 2 is 2.14 bits per heavy atom. The minimum atomic E-state index is 0.0897.